The van der Waals surface area contributed by atoms with Crippen LogP contribution < -0.4 is 5.32 Å². The average molecular weight is 288 g/mol. The van der Waals surface area contributed by atoms with E-state index in [0.29, 0.717) is 24.4 Å². The summed E-state index contributed by atoms with van der Waals surface area (Å²) in [4.78, 5) is 14.4. The molecule has 0 bridgehead atoms. The first kappa shape index (κ1) is 16.0. The molecule has 21 heavy (non-hydrogen) atoms. The fourth-order valence-corrected chi connectivity index (χ4v) is 2.91. The molecule has 2 rings (SSSR count). The van der Waals surface area contributed by atoms with Crippen molar-refractivity contribution in [2.24, 2.45) is 0 Å². The van der Waals surface area contributed by atoms with E-state index in [0.717, 1.165) is 32.4 Å². The van der Waals surface area contributed by atoms with Gasteiger partial charge in [-0.15, -0.1) is 0 Å². The summed E-state index contributed by atoms with van der Waals surface area (Å²) in [6, 6.07) is 9.40. The number of aryl methyl sites for hydroxylation is 2. The second-order valence-electron chi connectivity index (χ2n) is 6.26. The van der Waals surface area contributed by atoms with Gasteiger partial charge in [0.1, 0.15) is 0 Å². The molecule has 1 aliphatic heterocycles. The van der Waals surface area contributed by atoms with Crippen molar-refractivity contribution in [3.63, 3.8) is 0 Å². The summed E-state index contributed by atoms with van der Waals surface area (Å²) in [5.41, 5.74) is 2.67. The Balaban J connectivity index is 1.70. The maximum atomic E-state index is 12.3. The van der Waals surface area contributed by atoms with Gasteiger partial charge in [-0.05, 0) is 45.6 Å². The summed E-state index contributed by atoms with van der Waals surface area (Å²) in [7, 11) is 0. The Hall–Kier alpha value is -1.35. The molecule has 1 heterocycles. The number of nitrogens with zero attached hydrogens (tertiary/aromatic N) is 1. The van der Waals surface area contributed by atoms with Crippen LogP contribution in [-0.4, -0.2) is 36.0 Å². The first-order valence-electron chi connectivity index (χ1n) is 8.16. The van der Waals surface area contributed by atoms with Gasteiger partial charge >= 0.3 is 0 Å². The number of benzene rings is 1. The zero-order valence-corrected chi connectivity index (χ0v) is 13.6. The molecule has 0 aromatic heterocycles. The van der Waals surface area contributed by atoms with E-state index in [-0.39, 0.29) is 0 Å². The van der Waals surface area contributed by atoms with Crippen LogP contribution in [0.4, 0.5) is 0 Å². The largest absolute Gasteiger partial charge is 0.337 e. The molecule has 1 amide bonds. The van der Waals surface area contributed by atoms with Crippen molar-refractivity contribution >= 4 is 5.91 Å². The van der Waals surface area contributed by atoms with Gasteiger partial charge < -0.3 is 10.2 Å². The fourth-order valence-electron chi connectivity index (χ4n) is 2.91. The number of rotatable bonds is 5. The van der Waals surface area contributed by atoms with Gasteiger partial charge in [0.15, 0.2) is 0 Å². The molecule has 1 aromatic rings. The van der Waals surface area contributed by atoms with Crippen molar-refractivity contribution in [3.05, 3.63) is 35.4 Å². The second-order valence-corrected chi connectivity index (χ2v) is 6.26. The molecule has 2 unspecified atom stereocenters. The van der Waals surface area contributed by atoms with Crippen LogP contribution in [-0.2, 0) is 11.2 Å². The highest BCUT2D eigenvalue weighted by atomic mass is 16.2. The Labute approximate surface area is 128 Å². The van der Waals surface area contributed by atoms with E-state index < -0.39 is 0 Å². The van der Waals surface area contributed by atoms with Gasteiger partial charge in [-0.2, -0.15) is 0 Å². The van der Waals surface area contributed by atoms with E-state index >= 15 is 0 Å². The monoisotopic (exact) mass is 288 g/mol. The molecule has 1 aliphatic rings. The number of unbranched alkanes of at least 4 members (excludes halogenated alkanes) is 1. The number of hydrogen-bond donors (Lipinski definition) is 1. The normalized spacial score (nSPS) is 22.3. The van der Waals surface area contributed by atoms with Crippen LogP contribution in [0.3, 0.4) is 0 Å². The molecule has 3 nitrogen and oxygen atoms in total. The third-order valence-electron chi connectivity index (χ3n) is 4.58. The molecule has 0 spiro atoms. The lowest BCUT2D eigenvalue weighted by Gasteiger charge is -2.38. The van der Waals surface area contributed by atoms with E-state index in [2.05, 4.69) is 50.4 Å². The van der Waals surface area contributed by atoms with Gasteiger partial charge in [-0.25, -0.2) is 0 Å². The molecule has 1 saturated heterocycles. The topological polar surface area (TPSA) is 32.3 Å². The Morgan fingerprint density at radius 1 is 1.24 bits per heavy atom. The maximum Gasteiger partial charge on any atom is 0.222 e. The highest BCUT2D eigenvalue weighted by Crippen LogP contribution is 2.13. The Morgan fingerprint density at radius 3 is 2.67 bits per heavy atom. The van der Waals surface area contributed by atoms with Crippen molar-refractivity contribution in [1.82, 2.24) is 10.2 Å². The predicted octanol–water partition coefficient (Wildman–Crippen LogP) is 2.92. The van der Waals surface area contributed by atoms with Crippen molar-refractivity contribution in [2.75, 3.05) is 13.1 Å². The maximum absolute atomic E-state index is 12.3. The number of piperazine rings is 1. The van der Waals surface area contributed by atoms with Crippen LogP contribution in [0.1, 0.15) is 44.2 Å². The van der Waals surface area contributed by atoms with Gasteiger partial charge in [0.05, 0.1) is 0 Å². The standard InChI is InChI=1S/C18H28N2O/c1-14-8-10-17(11-9-14)6-4-5-7-18(21)20-13-12-19-15(2)16(20)3/h8-11,15-16,19H,4-7,12-13H2,1-3H3. The van der Waals surface area contributed by atoms with Crippen LogP contribution in [0.5, 0.6) is 0 Å². The summed E-state index contributed by atoms with van der Waals surface area (Å²) >= 11 is 0. The second kappa shape index (κ2) is 7.60. The van der Waals surface area contributed by atoms with Crippen LogP contribution in [0.2, 0.25) is 0 Å². The van der Waals surface area contributed by atoms with Gasteiger partial charge in [0, 0.05) is 31.6 Å². The summed E-state index contributed by atoms with van der Waals surface area (Å²) < 4.78 is 0. The summed E-state index contributed by atoms with van der Waals surface area (Å²) in [6.45, 7) is 8.17. The summed E-state index contributed by atoms with van der Waals surface area (Å²) in [5.74, 6) is 0.319. The molecule has 2 atom stereocenters. The van der Waals surface area contributed by atoms with Crippen LogP contribution in [0, 0.1) is 6.92 Å². The highest BCUT2D eigenvalue weighted by Gasteiger charge is 2.27. The number of carbonyl (C=O) groups is 1. The van der Waals surface area contributed by atoms with Crippen molar-refractivity contribution in [2.45, 2.75) is 58.5 Å². The number of hydrogen-bond acceptors (Lipinski definition) is 2. The minimum Gasteiger partial charge on any atom is -0.337 e. The van der Waals surface area contributed by atoms with Crippen LogP contribution in [0.15, 0.2) is 24.3 Å². The lowest BCUT2D eigenvalue weighted by atomic mass is 10.0. The first-order chi connectivity index (χ1) is 10.1. The smallest absolute Gasteiger partial charge is 0.222 e. The first-order valence-corrected chi connectivity index (χ1v) is 8.16. The lowest BCUT2D eigenvalue weighted by molar-refractivity contribution is -0.135. The van der Waals surface area contributed by atoms with Crippen molar-refractivity contribution in [3.8, 4) is 0 Å². The predicted molar refractivity (Wildman–Crippen MR) is 87.4 cm³/mol. The minimum absolute atomic E-state index is 0.309. The van der Waals surface area contributed by atoms with Crippen molar-refractivity contribution < 1.29 is 4.79 Å². The number of amides is 1. The molecular formula is C18H28N2O. The average Bonchev–Trinajstić information content (AvgIpc) is 2.48. The molecular weight excluding hydrogens is 260 g/mol. The Morgan fingerprint density at radius 2 is 1.95 bits per heavy atom. The fraction of sp³-hybridized carbons (Fsp3) is 0.611. The zero-order chi connectivity index (χ0) is 15.2. The molecule has 1 N–H and O–H groups in total. The van der Waals surface area contributed by atoms with Crippen LogP contribution in [0.25, 0.3) is 0 Å². The third-order valence-corrected chi connectivity index (χ3v) is 4.58. The van der Waals surface area contributed by atoms with Gasteiger partial charge in [-0.1, -0.05) is 29.8 Å². The molecule has 3 heteroatoms. The van der Waals surface area contributed by atoms with E-state index in [1.54, 1.807) is 0 Å². The van der Waals surface area contributed by atoms with Gasteiger partial charge in [0.25, 0.3) is 0 Å². The molecule has 1 aromatic carbocycles. The van der Waals surface area contributed by atoms with Crippen molar-refractivity contribution in [1.29, 1.82) is 0 Å². The SMILES string of the molecule is Cc1ccc(CCCCC(=O)N2CCNC(C)C2C)cc1. The van der Waals surface area contributed by atoms with Gasteiger partial charge in [0.2, 0.25) is 5.91 Å². The minimum atomic E-state index is 0.309. The highest BCUT2D eigenvalue weighted by molar-refractivity contribution is 5.76. The number of nitrogens with one attached hydrogen (secondary N) is 1. The van der Waals surface area contributed by atoms with E-state index in [4.69, 9.17) is 0 Å². The summed E-state index contributed by atoms with van der Waals surface area (Å²) in [5, 5.41) is 3.42. The summed E-state index contributed by atoms with van der Waals surface area (Å²) in [6.07, 6.45) is 3.83. The van der Waals surface area contributed by atoms with Crippen LogP contribution >= 0.6 is 0 Å². The quantitative estimate of drug-likeness (QED) is 0.845. The Bertz CT molecular complexity index is 455. The van der Waals surface area contributed by atoms with Gasteiger partial charge in [-0.3, -0.25) is 4.79 Å². The van der Waals surface area contributed by atoms with E-state index in [1.807, 2.05) is 4.90 Å². The molecule has 0 aliphatic carbocycles. The lowest BCUT2D eigenvalue weighted by Crippen LogP contribution is -2.57. The molecule has 1 fully saturated rings. The zero-order valence-electron chi connectivity index (χ0n) is 13.6. The number of carbonyl (C=O) groups excluding carboxylic acids is 1. The molecule has 0 saturated carbocycles. The van der Waals surface area contributed by atoms with E-state index in [9.17, 15) is 4.79 Å². The van der Waals surface area contributed by atoms with E-state index in [1.165, 1.54) is 11.1 Å². The Kier molecular flexibility index (Phi) is 5.80. The third kappa shape index (κ3) is 4.57. The molecule has 0 radical (unpaired) electrons. The molecule has 116 valence electrons.